The summed E-state index contributed by atoms with van der Waals surface area (Å²) in [6.07, 6.45) is 0.0194. The number of imide groups is 1. The molecule has 1 atom stereocenters. The number of rotatable bonds is 0. The number of likely N-dealkylation sites (tertiary alicyclic amines) is 1. The zero-order chi connectivity index (χ0) is 12.3. The molecule has 1 saturated heterocycles. The van der Waals surface area contributed by atoms with Crippen molar-refractivity contribution in [3.05, 3.63) is 0 Å². The van der Waals surface area contributed by atoms with Crippen LogP contribution in [0.1, 0.15) is 33.6 Å². The highest BCUT2D eigenvalue weighted by atomic mass is 16.6. The van der Waals surface area contributed by atoms with E-state index in [9.17, 15) is 9.59 Å². The first-order chi connectivity index (χ1) is 7.33. The molecule has 88 valence electrons. The minimum Gasteiger partial charge on any atom is -0.443 e. The van der Waals surface area contributed by atoms with Crippen LogP contribution in [0.25, 0.3) is 0 Å². The lowest BCUT2D eigenvalue weighted by Crippen LogP contribution is -2.45. The van der Waals surface area contributed by atoms with Gasteiger partial charge in [-0.1, -0.05) is 0 Å². The molecule has 2 amide bonds. The van der Waals surface area contributed by atoms with Gasteiger partial charge in [-0.25, -0.2) is 9.69 Å². The van der Waals surface area contributed by atoms with E-state index in [1.807, 2.05) is 6.07 Å². The molecule has 0 spiro atoms. The van der Waals surface area contributed by atoms with E-state index in [2.05, 4.69) is 0 Å². The highest BCUT2D eigenvalue weighted by Gasteiger charge is 2.32. The Balaban J connectivity index is 2.60. The first-order valence-corrected chi connectivity index (χ1v) is 5.26. The molecule has 1 fully saturated rings. The molecule has 5 nitrogen and oxygen atoms in total. The van der Waals surface area contributed by atoms with Crippen molar-refractivity contribution >= 4 is 12.0 Å². The highest BCUT2D eigenvalue weighted by Crippen LogP contribution is 2.19. The van der Waals surface area contributed by atoms with Crippen LogP contribution in [0.5, 0.6) is 0 Å². The van der Waals surface area contributed by atoms with E-state index in [0.29, 0.717) is 6.42 Å². The number of carbonyl (C=O) groups excluding carboxylic acids is 2. The summed E-state index contributed by atoms with van der Waals surface area (Å²) < 4.78 is 5.10. The average Bonchev–Trinajstić information content (AvgIpc) is 2.14. The van der Waals surface area contributed by atoms with Gasteiger partial charge in [-0.15, -0.1) is 0 Å². The van der Waals surface area contributed by atoms with Crippen molar-refractivity contribution in [3.8, 4) is 6.07 Å². The molecule has 0 saturated carbocycles. The molecule has 16 heavy (non-hydrogen) atoms. The summed E-state index contributed by atoms with van der Waals surface area (Å²) in [6, 6.07) is 2.04. The maximum absolute atomic E-state index is 11.6. The molecule has 5 heteroatoms. The molecular formula is C11H16N2O3. The normalized spacial score (nSPS) is 21.5. The van der Waals surface area contributed by atoms with Gasteiger partial charge in [0, 0.05) is 13.0 Å². The van der Waals surface area contributed by atoms with Crippen LogP contribution in [0, 0.1) is 17.2 Å². The smallest absolute Gasteiger partial charge is 0.417 e. The quantitative estimate of drug-likeness (QED) is 0.627. The fraction of sp³-hybridized carbons (Fsp3) is 0.727. The van der Waals surface area contributed by atoms with Gasteiger partial charge in [0.15, 0.2) is 0 Å². The standard InChI is InChI=1S/C11H16N2O3/c1-11(2,3)16-10(15)13-5-4-8(7-12)6-9(13)14/h8H,4-6H2,1-3H3. The Labute approximate surface area is 95.0 Å². The van der Waals surface area contributed by atoms with Crippen LogP contribution in [0.15, 0.2) is 0 Å². The fourth-order valence-corrected chi connectivity index (χ4v) is 1.45. The second-order valence-electron chi connectivity index (χ2n) is 4.84. The second-order valence-corrected chi connectivity index (χ2v) is 4.84. The molecule has 0 aromatic carbocycles. The second kappa shape index (κ2) is 4.52. The van der Waals surface area contributed by atoms with Crippen molar-refractivity contribution in [2.45, 2.75) is 39.2 Å². The largest absolute Gasteiger partial charge is 0.443 e. The van der Waals surface area contributed by atoms with E-state index >= 15 is 0 Å². The van der Waals surface area contributed by atoms with E-state index in [1.165, 1.54) is 0 Å². The maximum atomic E-state index is 11.6. The lowest BCUT2D eigenvalue weighted by molar-refractivity contribution is -0.133. The monoisotopic (exact) mass is 224 g/mol. The summed E-state index contributed by atoms with van der Waals surface area (Å²) >= 11 is 0. The van der Waals surface area contributed by atoms with Gasteiger partial charge < -0.3 is 4.74 Å². The Kier molecular flexibility index (Phi) is 3.53. The topological polar surface area (TPSA) is 70.4 Å². The number of carbonyl (C=O) groups is 2. The van der Waals surface area contributed by atoms with Crippen LogP contribution in [-0.2, 0) is 9.53 Å². The lowest BCUT2D eigenvalue weighted by Gasteiger charge is -2.29. The molecule has 0 aliphatic carbocycles. The third kappa shape index (κ3) is 3.23. The van der Waals surface area contributed by atoms with Crippen LogP contribution < -0.4 is 0 Å². The van der Waals surface area contributed by atoms with Crippen molar-refractivity contribution in [3.63, 3.8) is 0 Å². The summed E-state index contributed by atoms with van der Waals surface area (Å²) in [5.41, 5.74) is -0.608. The number of hydrogen-bond donors (Lipinski definition) is 0. The van der Waals surface area contributed by atoms with Crippen LogP contribution in [0.2, 0.25) is 0 Å². The summed E-state index contributed by atoms with van der Waals surface area (Å²) in [4.78, 5) is 24.3. The van der Waals surface area contributed by atoms with E-state index in [0.717, 1.165) is 4.90 Å². The zero-order valence-electron chi connectivity index (χ0n) is 9.82. The highest BCUT2D eigenvalue weighted by molar-refractivity contribution is 5.92. The van der Waals surface area contributed by atoms with Crippen LogP contribution >= 0.6 is 0 Å². The van der Waals surface area contributed by atoms with Crippen molar-refractivity contribution in [1.29, 1.82) is 5.26 Å². The Morgan fingerprint density at radius 1 is 1.56 bits per heavy atom. The van der Waals surface area contributed by atoms with Gasteiger partial charge in [0.05, 0.1) is 12.0 Å². The van der Waals surface area contributed by atoms with Crippen LogP contribution in [0.3, 0.4) is 0 Å². The van der Waals surface area contributed by atoms with E-state index in [1.54, 1.807) is 20.8 Å². The van der Waals surface area contributed by atoms with Crippen molar-refractivity contribution in [1.82, 2.24) is 4.90 Å². The average molecular weight is 224 g/mol. The number of piperidine rings is 1. The first-order valence-electron chi connectivity index (χ1n) is 5.26. The van der Waals surface area contributed by atoms with Gasteiger partial charge in [0.25, 0.3) is 0 Å². The Bertz CT molecular complexity index is 338. The zero-order valence-corrected chi connectivity index (χ0v) is 9.82. The van der Waals surface area contributed by atoms with E-state index in [-0.39, 0.29) is 24.8 Å². The molecule has 0 radical (unpaired) electrons. The lowest BCUT2D eigenvalue weighted by atomic mass is 9.98. The predicted molar refractivity (Wildman–Crippen MR) is 56.3 cm³/mol. The van der Waals surface area contributed by atoms with Gasteiger partial charge in [-0.2, -0.15) is 5.26 Å². The first kappa shape index (κ1) is 12.5. The van der Waals surface area contributed by atoms with Crippen molar-refractivity contribution in [2.24, 2.45) is 5.92 Å². The number of hydrogen-bond acceptors (Lipinski definition) is 4. The Hall–Kier alpha value is -1.57. The molecule has 1 unspecified atom stereocenters. The molecule has 0 bridgehead atoms. The van der Waals surface area contributed by atoms with Gasteiger partial charge in [-0.05, 0) is 27.2 Å². The van der Waals surface area contributed by atoms with Crippen molar-refractivity contribution in [2.75, 3.05) is 6.54 Å². The van der Waals surface area contributed by atoms with Crippen LogP contribution in [-0.4, -0.2) is 29.0 Å². The molecule has 0 aromatic rings. The number of nitriles is 1. The SMILES string of the molecule is CC(C)(C)OC(=O)N1CCC(C#N)CC1=O. The Morgan fingerprint density at radius 3 is 2.62 bits per heavy atom. The third-order valence-electron chi connectivity index (χ3n) is 2.22. The number of nitrogens with zero attached hydrogens (tertiary/aromatic N) is 2. The van der Waals surface area contributed by atoms with Gasteiger partial charge in [0.1, 0.15) is 5.60 Å². The third-order valence-corrected chi connectivity index (χ3v) is 2.22. The van der Waals surface area contributed by atoms with Crippen LogP contribution in [0.4, 0.5) is 4.79 Å². The van der Waals surface area contributed by atoms with Gasteiger partial charge >= 0.3 is 6.09 Å². The predicted octanol–water partition coefficient (Wildman–Crippen LogP) is 1.68. The van der Waals surface area contributed by atoms with Gasteiger partial charge in [0.2, 0.25) is 5.91 Å². The molecular weight excluding hydrogens is 208 g/mol. The Morgan fingerprint density at radius 2 is 2.19 bits per heavy atom. The molecule has 0 N–H and O–H groups in total. The molecule has 0 aromatic heterocycles. The number of ether oxygens (including phenoxy) is 1. The molecule has 1 heterocycles. The molecule has 1 rings (SSSR count). The van der Waals surface area contributed by atoms with Crippen molar-refractivity contribution < 1.29 is 14.3 Å². The summed E-state index contributed by atoms with van der Waals surface area (Å²) in [5.74, 6) is -0.599. The summed E-state index contributed by atoms with van der Waals surface area (Å²) in [6.45, 7) is 5.51. The summed E-state index contributed by atoms with van der Waals surface area (Å²) in [7, 11) is 0. The van der Waals surface area contributed by atoms with Gasteiger partial charge in [-0.3, -0.25) is 4.79 Å². The summed E-state index contributed by atoms with van der Waals surface area (Å²) in [5, 5.41) is 8.68. The number of amides is 2. The molecule has 1 aliphatic rings. The maximum Gasteiger partial charge on any atom is 0.417 e. The van der Waals surface area contributed by atoms with E-state index in [4.69, 9.17) is 10.00 Å². The van der Waals surface area contributed by atoms with E-state index < -0.39 is 11.7 Å². The fourth-order valence-electron chi connectivity index (χ4n) is 1.45. The minimum atomic E-state index is -0.617. The minimum absolute atomic E-state index is 0.107. The molecule has 1 aliphatic heterocycles.